The van der Waals surface area contributed by atoms with Gasteiger partial charge in [-0.2, -0.15) is 0 Å². The highest BCUT2D eigenvalue weighted by molar-refractivity contribution is 5.93. The molecule has 0 heterocycles. The van der Waals surface area contributed by atoms with Crippen molar-refractivity contribution in [2.75, 3.05) is 5.32 Å². The van der Waals surface area contributed by atoms with Crippen molar-refractivity contribution in [2.24, 2.45) is 0 Å². The molecule has 0 spiro atoms. The fourth-order valence-electron chi connectivity index (χ4n) is 3.19. The predicted molar refractivity (Wildman–Crippen MR) is 105 cm³/mol. The molecule has 0 fully saturated rings. The topological polar surface area (TPSA) is 29.1 Å². The van der Waals surface area contributed by atoms with Crippen LogP contribution in [0.4, 0.5) is 5.69 Å². The van der Waals surface area contributed by atoms with Crippen molar-refractivity contribution in [1.82, 2.24) is 0 Å². The van der Waals surface area contributed by atoms with Gasteiger partial charge in [-0.15, -0.1) is 0 Å². The van der Waals surface area contributed by atoms with E-state index >= 15 is 0 Å². The highest BCUT2D eigenvalue weighted by Gasteiger charge is 2.09. The summed E-state index contributed by atoms with van der Waals surface area (Å²) in [5.74, 6) is 0.0162. The van der Waals surface area contributed by atoms with E-state index in [2.05, 4.69) is 48.6 Å². The molecule has 0 saturated heterocycles. The number of benzene rings is 3. The van der Waals surface area contributed by atoms with Crippen LogP contribution in [0.1, 0.15) is 22.3 Å². The van der Waals surface area contributed by atoms with Gasteiger partial charge in [-0.05, 0) is 48.6 Å². The number of hydrogen-bond donors (Lipinski definition) is 1. The van der Waals surface area contributed by atoms with E-state index in [1.54, 1.807) is 0 Å². The van der Waals surface area contributed by atoms with Crippen LogP contribution in [0.2, 0.25) is 0 Å². The number of carbonyl (C=O) groups is 1. The van der Waals surface area contributed by atoms with Crippen LogP contribution in [0.15, 0.2) is 66.7 Å². The average molecular weight is 329 g/mol. The summed E-state index contributed by atoms with van der Waals surface area (Å²) in [6.07, 6.45) is 0.377. The first-order valence-electron chi connectivity index (χ1n) is 8.55. The molecule has 0 radical (unpaired) electrons. The summed E-state index contributed by atoms with van der Waals surface area (Å²) in [5.41, 5.74) is 7.70. The van der Waals surface area contributed by atoms with Crippen LogP contribution in [0.5, 0.6) is 0 Å². The van der Waals surface area contributed by atoms with Crippen molar-refractivity contribution in [3.8, 4) is 11.1 Å². The van der Waals surface area contributed by atoms with E-state index in [4.69, 9.17) is 0 Å². The highest BCUT2D eigenvalue weighted by atomic mass is 16.1. The smallest absolute Gasteiger partial charge is 0.228 e. The molecule has 3 rings (SSSR count). The maximum Gasteiger partial charge on any atom is 0.228 e. The maximum absolute atomic E-state index is 12.4. The molecule has 0 aliphatic carbocycles. The second kappa shape index (κ2) is 7.35. The first-order chi connectivity index (χ1) is 12.0. The van der Waals surface area contributed by atoms with E-state index in [0.29, 0.717) is 6.42 Å². The highest BCUT2D eigenvalue weighted by Crippen LogP contribution is 2.23. The van der Waals surface area contributed by atoms with Crippen LogP contribution in [0.25, 0.3) is 11.1 Å². The van der Waals surface area contributed by atoms with Gasteiger partial charge in [0, 0.05) is 5.69 Å². The summed E-state index contributed by atoms with van der Waals surface area (Å²) in [7, 11) is 0. The van der Waals surface area contributed by atoms with E-state index in [1.807, 2.05) is 44.2 Å². The fourth-order valence-corrected chi connectivity index (χ4v) is 3.19. The molecule has 0 saturated carbocycles. The van der Waals surface area contributed by atoms with E-state index in [0.717, 1.165) is 27.9 Å². The van der Waals surface area contributed by atoms with Gasteiger partial charge in [0.05, 0.1) is 6.42 Å². The Labute approximate surface area is 149 Å². The zero-order valence-electron chi connectivity index (χ0n) is 15.0. The van der Waals surface area contributed by atoms with Gasteiger partial charge in [-0.25, -0.2) is 0 Å². The summed E-state index contributed by atoms with van der Waals surface area (Å²) in [4.78, 5) is 12.4. The second-order valence-corrected chi connectivity index (χ2v) is 6.56. The van der Waals surface area contributed by atoms with Gasteiger partial charge >= 0.3 is 0 Å². The van der Waals surface area contributed by atoms with Crippen LogP contribution in [-0.4, -0.2) is 5.91 Å². The van der Waals surface area contributed by atoms with Crippen molar-refractivity contribution in [2.45, 2.75) is 27.2 Å². The van der Waals surface area contributed by atoms with Crippen molar-refractivity contribution >= 4 is 11.6 Å². The molecule has 0 aliphatic rings. The second-order valence-electron chi connectivity index (χ2n) is 6.56. The lowest BCUT2D eigenvalue weighted by atomic mass is 10.0. The van der Waals surface area contributed by atoms with Gasteiger partial charge in [0.2, 0.25) is 5.91 Å². The van der Waals surface area contributed by atoms with Gasteiger partial charge in [-0.3, -0.25) is 4.79 Å². The lowest BCUT2D eigenvalue weighted by Crippen LogP contribution is -2.16. The Morgan fingerprint density at radius 1 is 0.800 bits per heavy atom. The minimum Gasteiger partial charge on any atom is -0.325 e. The van der Waals surface area contributed by atoms with Crippen LogP contribution < -0.4 is 5.32 Å². The van der Waals surface area contributed by atoms with E-state index in [-0.39, 0.29) is 5.91 Å². The molecular weight excluding hydrogens is 306 g/mol. The van der Waals surface area contributed by atoms with E-state index < -0.39 is 0 Å². The maximum atomic E-state index is 12.4. The normalized spacial score (nSPS) is 10.5. The molecule has 0 aromatic heterocycles. The minimum atomic E-state index is 0.0162. The number of rotatable bonds is 4. The molecule has 25 heavy (non-hydrogen) atoms. The largest absolute Gasteiger partial charge is 0.325 e. The Morgan fingerprint density at radius 3 is 1.96 bits per heavy atom. The van der Waals surface area contributed by atoms with Gasteiger partial charge in [0.1, 0.15) is 0 Å². The zero-order valence-corrected chi connectivity index (χ0v) is 15.0. The molecule has 2 nitrogen and oxygen atoms in total. The molecule has 1 amide bonds. The van der Waals surface area contributed by atoms with Crippen LogP contribution in [-0.2, 0) is 11.2 Å². The molecule has 2 heteroatoms. The summed E-state index contributed by atoms with van der Waals surface area (Å²) < 4.78 is 0. The number of aryl methyl sites for hydroxylation is 3. The summed E-state index contributed by atoms with van der Waals surface area (Å²) >= 11 is 0. The van der Waals surface area contributed by atoms with Crippen LogP contribution >= 0.6 is 0 Å². The van der Waals surface area contributed by atoms with Gasteiger partial charge in [0.15, 0.2) is 0 Å². The third-order valence-electron chi connectivity index (χ3n) is 4.37. The van der Waals surface area contributed by atoms with Gasteiger partial charge in [0.25, 0.3) is 0 Å². The first kappa shape index (κ1) is 17.0. The van der Waals surface area contributed by atoms with E-state index in [1.165, 1.54) is 11.1 Å². The average Bonchev–Trinajstić information content (AvgIpc) is 2.59. The van der Waals surface area contributed by atoms with Crippen molar-refractivity contribution in [3.05, 3.63) is 89.0 Å². The van der Waals surface area contributed by atoms with Gasteiger partial charge in [-0.1, -0.05) is 72.3 Å². The third-order valence-corrected chi connectivity index (χ3v) is 4.37. The molecule has 126 valence electrons. The molecule has 0 unspecified atom stereocenters. The van der Waals surface area contributed by atoms with Gasteiger partial charge < -0.3 is 5.32 Å². The minimum absolute atomic E-state index is 0.0162. The third kappa shape index (κ3) is 4.16. The number of hydrogen-bond acceptors (Lipinski definition) is 1. The lowest BCUT2D eigenvalue weighted by Gasteiger charge is -2.13. The standard InChI is InChI=1S/C23H23NO/c1-16-13-17(2)23(18(3)14-16)24-22(25)15-19-9-11-21(12-10-19)20-7-5-4-6-8-20/h4-14H,15H2,1-3H3,(H,24,25). The Kier molecular flexibility index (Phi) is 4.99. The Bertz CT molecular complexity index is 857. The summed E-state index contributed by atoms with van der Waals surface area (Å²) in [5, 5.41) is 3.06. The summed E-state index contributed by atoms with van der Waals surface area (Å²) in [6.45, 7) is 6.13. The summed E-state index contributed by atoms with van der Waals surface area (Å²) in [6, 6.07) is 22.6. The number of amides is 1. The first-order valence-corrected chi connectivity index (χ1v) is 8.55. The predicted octanol–water partition coefficient (Wildman–Crippen LogP) is 5.46. The van der Waals surface area contributed by atoms with E-state index in [9.17, 15) is 4.79 Å². The zero-order chi connectivity index (χ0) is 17.8. The quantitative estimate of drug-likeness (QED) is 0.676. The number of anilines is 1. The molecule has 1 N–H and O–H groups in total. The monoisotopic (exact) mass is 329 g/mol. The molecule has 3 aromatic carbocycles. The Morgan fingerprint density at radius 2 is 1.36 bits per heavy atom. The van der Waals surface area contributed by atoms with Crippen molar-refractivity contribution in [1.29, 1.82) is 0 Å². The number of nitrogens with one attached hydrogen (secondary N) is 1. The molecule has 0 aliphatic heterocycles. The number of carbonyl (C=O) groups excluding carboxylic acids is 1. The molecule has 0 atom stereocenters. The van der Waals surface area contributed by atoms with Crippen molar-refractivity contribution < 1.29 is 4.79 Å². The van der Waals surface area contributed by atoms with Crippen LogP contribution in [0, 0.1) is 20.8 Å². The lowest BCUT2D eigenvalue weighted by molar-refractivity contribution is -0.115. The van der Waals surface area contributed by atoms with Crippen molar-refractivity contribution in [3.63, 3.8) is 0 Å². The molecule has 0 bridgehead atoms. The van der Waals surface area contributed by atoms with Crippen LogP contribution in [0.3, 0.4) is 0 Å². The Hall–Kier alpha value is -2.87. The Balaban J connectivity index is 1.70. The molecular formula is C23H23NO. The SMILES string of the molecule is Cc1cc(C)c(NC(=O)Cc2ccc(-c3ccccc3)cc2)c(C)c1. The molecule has 3 aromatic rings. The fraction of sp³-hybridized carbons (Fsp3) is 0.174.